The van der Waals surface area contributed by atoms with E-state index in [4.69, 9.17) is 28.9 Å². The smallest absolute Gasteiger partial charge is 0.264 e. The summed E-state index contributed by atoms with van der Waals surface area (Å²) in [6, 6.07) is 7.41. The van der Waals surface area contributed by atoms with Gasteiger partial charge in [0.25, 0.3) is 10.0 Å². The third kappa shape index (κ3) is 3.15. The lowest BCUT2D eigenvalue weighted by atomic mass is 10.2. The predicted octanol–water partition coefficient (Wildman–Crippen LogP) is 3.08. The van der Waals surface area contributed by atoms with E-state index in [0.717, 1.165) is 0 Å². The number of halogens is 2. The number of nitrogens with one attached hydrogen (secondary N) is 1. The number of aromatic nitrogens is 1. The van der Waals surface area contributed by atoms with E-state index in [1.807, 2.05) is 0 Å². The van der Waals surface area contributed by atoms with Crippen LogP contribution in [0, 0.1) is 6.92 Å². The molecular weight excluding hydrogens is 321 g/mol. The van der Waals surface area contributed by atoms with Crippen LogP contribution in [0.15, 0.2) is 35.2 Å². The van der Waals surface area contributed by atoms with Crippen LogP contribution >= 0.6 is 23.2 Å². The van der Waals surface area contributed by atoms with E-state index in [1.54, 1.807) is 13.0 Å². The summed E-state index contributed by atoms with van der Waals surface area (Å²) in [5, 5.41) is 0.269. The number of aryl methyl sites for hydroxylation is 1. The van der Waals surface area contributed by atoms with E-state index < -0.39 is 10.0 Å². The van der Waals surface area contributed by atoms with Gasteiger partial charge in [0.05, 0.1) is 5.02 Å². The van der Waals surface area contributed by atoms with Gasteiger partial charge in [-0.25, -0.2) is 13.4 Å². The average Bonchev–Trinajstić information content (AvgIpc) is 2.33. The second-order valence-electron chi connectivity index (χ2n) is 4.09. The van der Waals surface area contributed by atoms with Crippen LogP contribution in [0.5, 0.6) is 0 Å². The van der Waals surface area contributed by atoms with Gasteiger partial charge in [0.1, 0.15) is 15.9 Å². The molecule has 0 bridgehead atoms. The quantitative estimate of drug-likeness (QED) is 0.668. The van der Waals surface area contributed by atoms with Gasteiger partial charge in [-0.15, -0.1) is 0 Å². The van der Waals surface area contributed by atoms with Gasteiger partial charge in [0.2, 0.25) is 0 Å². The maximum Gasteiger partial charge on any atom is 0.264 e. The Kier molecular flexibility index (Phi) is 4.08. The first-order valence-corrected chi connectivity index (χ1v) is 7.74. The molecule has 8 heteroatoms. The van der Waals surface area contributed by atoms with Crippen molar-refractivity contribution in [2.45, 2.75) is 11.8 Å². The third-order valence-corrected chi connectivity index (χ3v) is 4.59. The van der Waals surface area contributed by atoms with Crippen LogP contribution in [0.25, 0.3) is 0 Å². The number of anilines is 2. The molecule has 0 unspecified atom stereocenters. The lowest BCUT2D eigenvalue weighted by Crippen LogP contribution is -2.15. The summed E-state index contributed by atoms with van der Waals surface area (Å²) in [5.74, 6) is 0.104. The minimum Gasteiger partial charge on any atom is -0.398 e. The van der Waals surface area contributed by atoms with Crippen molar-refractivity contribution in [1.82, 2.24) is 4.98 Å². The Labute approximate surface area is 126 Å². The molecule has 2 aromatic rings. The van der Waals surface area contributed by atoms with Crippen LogP contribution in [0.3, 0.4) is 0 Å². The Hall–Kier alpha value is -1.50. The molecule has 2 rings (SSSR count). The molecule has 0 amide bonds. The minimum absolute atomic E-state index is 0.0891. The van der Waals surface area contributed by atoms with Crippen molar-refractivity contribution in [3.8, 4) is 0 Å². The fourth-order valence-corrected chi connectivity index (χ4v) is 3.32. The molecule has 20 heavy (non-hydrogen) atoms. The van der Waals surface area contributed by atoms with Crippen LogP contribution < -0.4 is 10.5 Å². The van der Waals surface area contributed by atoms with Gasteiger partial charge in [0.15, 0.2) is 0 Å². The standard InChI is InChI=1S/C12H11Cl2N3O2S/c1-7-5-8(13)10(6-9(7)15)20(18,19)17-12-4-2-3-11(14)16-12/h2-6H,15H2,1H3,(H,16,17). The number of pyridine rings is 1. The van der Waals surface area contributed by atoms with Gasteiger partial charge in [0, 0.05) is 5.69 Å². The number of benzene rings is 1. The molecule has 0 spiro atoms. The molecule has 0 atom stereocenters. The van der Waals surface area contributed by atoms with Crippen molar-refractivity contribution in [1.29, 1.82) is 0 Å². The van der Waals surface area contributed by atoms with Crippen molar-refractivity contribution in [3.05, 3.63) is 46.1 Å². The van der Waals surface area contributed by atoms with Gasteiger partial charge >= 0.3 is 0 Å². The fourth-order valence-electron chi connectivity index (χ4n) is 1.53. The van der Waals surface area contributed by atoms with Crippen LogP contribution in [-0.2, 0) is 10.0 Å². The first-order chi connectivity index (χ1) is 9.29. The van der Waals surface area contributed by atoms with E-state index in [0.29, 0.717) is 11.3 Å². The minimum atomic E-state index is -3.88. The molecule has 0 saturated heterocycles. The molecule has 5 nitrogen and oxygen atoms in total. The summed E-state index contributed by atoms with van der Waals surface area (Å²) in [6.45, 7) is 1.74. The topological polar surface area (TPSA) is 85.1 Å². The highest BCUT2D eigenvalue weighted by Crippen LogP contribution is 2.28. The monoisotopic (exact) mass is 331 g/mol. The lowest BCUT2D eigenvalue weighted by molar-refractivity contribution is 0.601. The molecule has 0 aliphatic carbocycles. The summed E-state index contributed by atoms with van der Waals surface area (Å²) >= 11 is 11.7. The van der Waals surface area contributed by atoms with Gasteiger partial charge in [-0.1, -0.05) is 29.3 Å². The van der Waals surface area contributed by atoms with Crippen LogP contribution in [0.4, 0.5) is 11.5 Å². The third-order valence-electron chi connectivity index (χ3n) is 2.56. The zero-order chi connectivity index (χ0) is 14.9. The number of hydrogen-bond acceptors (Lipinski definition) is 4. The summed E-state index contributed by atoms with van der Waals surface area (Å²) in [7, 11) is -3.88. The highest BCUT2D eigenvalue weighted by atomic mass is 35.5. The normalized spacial score (nSPS) is 11.3. The summed E-state index contributed by atoms with van der Waals surface area (Å²) in [5.41, 5.74) is 6.76. The molecule has 1 aromatic heterocycles. The maximum atomic E-state index is 12.3. The number of sulfonamides is 1. The second-order valence-corrected chi connectivity index (χ2v) is 6.54. The van der Waals surface area contributed by atoms with Crippen molar-refractivity contribution in [2.24, 2.45) is 0 Å². The Morgan fingerprint density at radius 1 is 1.25 bits per heavy atom. The Morgan fingerprint density at radius 3 is 2.60 bits per heavy atom. The SMILES string of the molecule is Cc1cc(Cl)c(S(=O)(=O)Nc2cccc(Cl)n2)cc1N. The summed E-state index contributed by atoms with van der Waals surface area (Å²) in [4.78, 5) is 3.75. The van der Waals surface area contributed by atoms with Crippen molar-refractivity contribution >= 4 is 44.7 Å². The van der Waals surface area contributed by atoms with Crippen LogP contribution in [0.1, 0.15) is 5.56 Å². The first kappa shape index (κ1) is 14.9. The zero-order valence-electron chi connectivity index (χ0n) is 10.4. The lowest BCUT2D eigenvalue weighted by Gasteiger charge is -2.11. The van der Waals surface area contributed by atoms with Crippen molar-refractivity contribution in [3.63, 3.8) is 0 Å². The predicted molar refractivity (Wildman–Crippen MR) is 80.7 cm³/mol. The summed E-state index contributed by atoms with van der Waals surface area (Å²) < 4.78 is 26.8. The highest BCUT2D eigenvalue weighted by molar-refractivity contribution is 7.92. The maximum absolute atomic E-state index is 12.3. The molecule has 0 radical (unpaired) electrons. The van der Waals surface area contributed by atoms with Gasteiger partial charge in [-0.2, -0.15) is 0 Å². The number of nitrogens with zero attached hydrogens (tertiary/aromatic N) is 1. The Bertz CT molecular complexity index is 763. The molecule has 0 aliphatic heterocycles. The van der Waals surface area contributed by atoms with Gasteiger partial charge in [-0.05, 0) is 36.8 Å². The van der Waals surface area contributed by atoms with Crippen molar-refractivity contribution < 1.29 is 8.42 Å². The average molecular weight is 332 g/mol. The number of hydrogen-bond donors (Lipinski definition) is 2. The van der Waals surface area contributed by atoms with E-state index in [9.17, 15) is 8.42 Å². The van der Waals surface area contributed by atoms with Crippen molar-refractivity contribution in [2.75, 3.05) is 10.5 Å². The number of rotatable bonds is 3. The molecule has 0 aliphatic rings. The Morgan fingerprint density at radius 2 is 1.95 bits per heavy atom. The fraction of sp³-hybridized carbons (Fsp3) is 0.0833. The van der Waals surface area contributed by atoms with E-state index in [2.05, 4.69) is 9.71 Å². The number of nitrogen functional groups attached to an aromatic ring is 1. The molecular formula is C12H11Cl2N3O2S. The van der Waals surface area contributed by atoms with Gasteiger partial charge < -0.3 is 5.73 Å². The largest absolute Gasteiger partial charge is 0.398 e. The van der Waals surface area contributed by atoms with E-state index >= 15 is 0 Å². The van der Waals surface area contributed by atoms with E-state index in [1.165, 1.54) is 24.3 Å². The van der Waals surface area contributed by atoms with Crippen LogP contribution in [-0.4, -0.2) is 13.4 Å². The molecule has 1 aromatic carbocycles. The number of nitrogens with two attached hydrogens (primary N) is 1. The molecule has 1 heterocycles. The second kappa shape index (κ2) is 5.47. The molecule has 0 saturated carbocycles. The molecule has 106 valence electrons. The highest BCUT2D eigenvalue weighted by Gasteiger charge is 2.20. The van der Waals surface area contributed by atoms with Gasteiger partial charge in [-0.3, -0.25) is 4.72 Å². The van der Waals surface area contributed by atoms with Crippen LogP contribution in [0.2, 0.25) is 10.2 Å². The Balaban J connectivity index is 2.43. The summed E-state index contributed by atoms with van der Waals surface area (Å²) in [6.07, 6.45) is 0. The first-order valence-electron chi connectivity index (χ1n) is 5.50. The molecule has 3 N–H and O–H groups in total. The molecule has 0 fully saturated rings. The zero-order valence-corrected chi connectivity index (χ0v) is 12.7. The van der Waals surface area contributed by atoms with E-state index in [-0.39, 0.29) is 20.9 Å².